The fourth-order valence-electron chi connectivity index (χ4n) is 1.74. The van der Waals surface area contributed by atoms with Gasteiger partial charge in [-0.3, -0.25) is 0 Å². The normalized spacial score (nSPS) is 11.3. The van der Waals surface area contributed by atoms with Crippen LogP contribution < -0.4 is 5.32 Å². The van der Waals surface area contributed by atoms with E-state index in [1.54, 1.807) is 11.3 Å². The number of imidazole rings is 1. The predicted octanol–water partition coefficient (Wildman–Crippen LogP) is 2.39. The molecule has 0 saturated carbocycles. The molecule has 0 aliphatic rings. The van der Waals surface area contributed by atoms with Crippen molar-refractivity contribution in [3.63, 3.8) is 0 Å². The number of aryl methyl sites for hydroxylation is 3. The summed E-state index contributed by atoms with van der Waals surface area (Å²) in [5, 5.41) is 6.72. The molecule has 0 aliphatic carbocycles. The Morgan fingerprint density at radius 2 is 2.28 bits per heavy atom. The third-order valence-electron chi connectivity index (χ3n) is 2.72. The van der Waals surface area contributed by atoms with Gasteiger partial charge in [0.1, 0.15) is 0 Å². The molecule has 0 aliphatic heterocycles. The molecule has 0 bridgehead atoms. The molecule has 98 valence electrons. The maximum Gasteiger partial charge on any atom is 0.0948 e. The van der Waals surface area contributed by atoms with Crippen molar-refractivity contribution in [2.75, 3.05) is 0 Å². The highest BCUT2D eigenvalue weighted by Crippen LogP contribution is 2.11. The number of nitrogens with one attached hydrogen (secondary N) is 1. The fraction of sp³-hybridized carbons (Fsp3) is 0.538. The monoisotopic (exact) mass is 264 g/mol. The van der Waals surface area contributed by atoms with E-state index in [2.05, 4.69) is 39.1 Å². The zero-order valence-electron chi connectivity index (χ0n) is 11.2. The van der Waals surface area contributed by atoms with Gasteiger partial charge >= 0.3 is 0 Å². The molecule has 0 fully saturated rings. The van der Waals surface area contributed by atoms with Gasteiger partial charge in [-0.15, -0.1) is 11.3 Å². The Morgan fingerprint density at radius 1 is 1.44 bits per heavy atom. The van der Waals surface area contributed by atoms with Crippen LogP contribution in [0.5, 0.6) is 0 Å². The number of hydrogen-bond acceptors (Lipinski definition) is 4. The molecule has 0 aromatic carbocycles. The first-order chi connectivity index (χ1) is 8.65. The molecule has 2 rings (SSSR count). The second-order valence-electron chi connectivity index (χ2n) is 4.75. The molecule has 2 aromatic heterocycles. The molecule has 0 amide bonds. The van der Waals surface area contributed by atoms with Gasteiger partial charge in [0.2, 0.25) is 0 Å². The van der Waals surface area contributed by atoms with Crippen molar-refractivity contribution in [2.45, 2.75) is 46.3 Å². The van der Waals surface area contributed by atoms with E-state index in [1.165, 1.54) is 10.7 Å². The van der Waals surface area contributed by atoms with Gasteiger partial charge in [0.05, 0.1) is 17.0 Å². The maximum atomic E-state index is 4.48. The molecule has 1 N–H and O–H groups in total. The van der Waals surface area contributed by atoms with Crippen LogP contribution in [0.1, 0.15) is 30.2 Å². The van der Waals surface area contributed by atoms with Gasteiger partial charge in [-0.25, -0.2) is 9.97 Å². The first-order valence-corrected chi connectivity index (χ1v) is 7.16. The van der Waals surface area contributed by atoms with Crippen molar-refractivity contribution in [3.8, 4) is 0 Å². The Kier molecular flexibility index (Phi) is 4.49. The largest absolute Gasteiger partial charge is 0.333 e. The molecule has 5 heteroatoms. The van der Waals surface area contributed by atoms with Crippen LogP contribution in [0.4, 0.5) is 0 Å². The number of aromatic nitrogens is 3. The molecular formula is C13H20N4S. The van der Waals surface area contributed by atoms with Gasteiger partial charge in [-0.2, -0.15) is 0 Å². The number of nitrogens with zero attached hydrogens (tertiary/aromatic N) is 3. The minimum Gasteiger partial charge on any atom is -0.333 e. The highest BCUT2D eigenvalue weighted by molar-refractivity contribution is 7.09. The van der Waals surface area contributed by atoms with Gasteiger partial charge in [-0.05, 0) is 6.92 Å². The zero-order chi connectivity index (χ0) is 13.0. The van der Waals surface area contributed by atoms with Gasteiger partial charge in [0, 0.05) is 42.8 Å². The second-order valence-corrected chi connectivity index (χ2v) is 5.69. The van der Waals surface area contributed by atoms with Crippen LogP contribution in [0.25, 0.3) is 0 Å². The quantitative estimate of drug-likeness (QED) is 0.871. The Hall–Kier alpha value is -1.20. The average molecular weight is 264 g/mol. The van der Waals surface area contributed by atoms with Crippen molar-refractivity contribution in [1.82, 2.24) is 19.9 Å². The van der Waals surface area contributed by atoms with E-state index in [1.807, 2.05) is 19.4 Å². The highest BCUT2D eigenvalue weighted by Gasteiger charge is 2.04. The van der Waals surface area contributed by atoms with E-state index < -0.39 is 0 Å². The van der Waals surface area contributed by atoms with E-state index in [9.17, 15) is 0 Å². The van der Waals surface area contributed by atoms with Gasteiger partial charge in [0.25, 0.3) is 0 Å². The standard InChI is InChI=1S/C13H20N4S/c1-10(2)15-7-12-6-14-9-17(12)5-4-13-16-11(3)8-18-13/h6,8-10,15H,4-5,7H2,1-3H3. The summed E-state index contributed by atoms with van der Waals surface area (Å²) in [5.41, 5.74) is 2.35. The van der Waals surface area contributed by atoms with Crippen molar-refractivity contribution < 1.29 is 0 Å². The summed E-state index contributed by atoms with van der Waals surface area (Å²) < 4.78 is 2.20. The third kappa shape index (κ3) is 3.65. The van der Waals surface area contributed by atoms with Crippen molar-refractivity contribution in [3.05, 3.63) is 34.3 Å². The number of thiazole rings is 1. The third-order valence-corrected chi connectivity index (χ3v) is 3.75. The smallest absolute Gasteiger partial charge is 0.0948 e. The summed E-state index contributed by atoms with van der Waals surface area (Å²) in [6.45, 7) is 8.16. The molecule has 0 spiro atoms. The average Bonchev–Trinajstić information content (AvgIpc) is 2.92. The van der Waals surface area contributed by atoms with Crippen LogP contribution in [0, 0.1) is 6.92 Å². The summed E-state index contributed by atoms with van der Waals surface area (Å²) in [4.78, 5) is 8.71. The zero-order valence-corrected chi connectivity index (χ0v) is 12.0. The lowest BCUT2D eigenvalue weighted by molar-refractivity contribution is 0.554. The van der Waals surface area contributed by atoms with Gasteiger partial charge < -0.3 is 9.88 Å². The first-order valence-electron chi connectivity index (χ1n) is 6.28. The molecular weight excluding hydrogens is 244 g/mol. The molecule has 2 aromatic rings. The topological polar surface area (TPSA) is 42.7 Å². The lowest BCUT2D eigenvalue weighted by Gasteiger charge is -2.10. The predicted molar refractivity (Wildman–Crippen MR) is 74.8 cm³/mol. The maximum absolute atomic E-state index is 4.48. The summed E-state index contributed by atoms with van der Waals surface area (Å²) >= 11 is 1.74. The van der Waals surface area contributed by atoms with Crippen LogP contribution in [0.3, 0.4) is 0 Å². The summed E-state index contributed by atoms with van der Waals surface area (Å²) in [5.74, 6) is 0. The molecule has 0 atom stereocenters. The van der Waals surface area contributed by atoms with Crippen molar-refractivity contribution in [2.24, 2.45) is 0 Å². The minimum absolute atomic E-state index is 0.495. The summed E-state index contributed by atoms with van der Waals surface area (Å²) in [6, 6.07) is 0.495. The van der Waals surface area contributed by atoms with Crippen LogP contribution in [0.15, 0.2) is 17.9 Å². The lowest BCUT2D eigenvalue weighted by atomic mass is 10.3. The van der Waals surface area contributed by atoms with E-state index in [0.717, 1.165) is 25.2 Å². The Balaban J connectivity index is 1.91. The van der Waals surface area contributed by atoms with E-state index in [4.69, 9.17) is 0 Å². The van der Waals surface area contributed by atoms with Crippen LogP contribution in [0.2, 0.25) is 0 Å². The van der Waals surface area contributed by atoms with E-state index in [0.29, 0.717) is 6.04 Å². The minimum atomic E-state index is 0.495. The first kappa shape index (κ1) is 13.2. The summed E-state index contributed by atoms with van der Waals surface area (Å²) in [7, 11) is 0. The second kappa shape index (κ2) is 6.11. The highest BCUT2D eigenvalue weighted by atomic mass is 32.1. The van der Waals surface area contributed by atoms with E-state index >= 15 is 0 Å². The SMILES string of the molecule is Cc1csc(CCn2cncc2CNC(C)C)n1. The molecule has 0 radical (unpaired) electrons. The Morgan fingerprint density at radius 3 is 2.94 bits per heavy atom. The number of hydrogen-bond donors (Lipinski definition) is 1. The molecule has 2 heterocycles. The Labute approximate surface area is 112 Å². The Bertz CT molecular complexity index is 487. The van der Waals surface area contributed by atoms with Crippen LogP contribution in [-0.4, -0.2) is 20.6 Å². The van der Waals surface area contributed by atoms with Crippen LogP contribution >= 0.6 is 11.3 Å². The van der Waals surface area contributed by atoms with E-state index in [-0.39, 0.29) is 0 Å². The molecule has 0 unspecified atom stereocenters. The molecule has 4 nitrogen and oxygen atoms in total. The van der Waals surface area contributed by atoms with Gasteiger partial charge in [-0.1, -0.05) is 13.8 Å². The number of rotatable bonds is 6. The summed E-state index contributed by atoms with van der Waals surface area (Å²) in [6.07, 6.45) is 4.81. The van der Waals surface area contributed by atoms with Crippen LogP contribution in [-0.2, 0) is 19.5 Å². The van der Waals surface area contributed by atoms with Gasteiger partial charge in [0.15, 0.2) is 0 Å². The van der Waals surface area contributed by atoms with Crippen molar-refractivity contribution >= 4 is 11.3 Å². The van der Waals surface area contributed by atoms with Crippen molar-refractivity contribution in [1.29, 1.82) is 0 Å². The molecule has 18 heavy (non-hydrogen) atoms. The fourth-order valence-corrected chi connectivity index (χ4v) is 2.50. The lowest BCUT2D eigenvalue weighted by Crippen LogP contribution is -2.23. The molecule has 0 saturated heterocycles.